The first kappa shape index (κ1) is 32.2. The van der Waals surface area contributed by atoms with E-state index in [1.54, 1.807) is 6.92 Å². The van der Waals surface area contributed by atoms with Crippen molar-refractivity contribution in [2.24, 2.45) is 0 Å². The molecule has 48 heavy (non-hydrogen) atoms. The van der Waals surface area contributed by atoms with Gasteiger partial charge in [-0.3, -0.25) is 24.6 Å². The van der Waals surface area contributed by atoms with E-state index in [2.05, 4.69) is 41.3 Å². The minimum atomic E-state index is -2.40. The number of hydrogen-bond acceptors (Lipinski definition) is 7. The molecule has 4 aromatic rings. The van der Waals surface area contributed by atoms with Gasteiger partial charge in [0.15, 0.2) is 5.76 Å². The van der Waals surface area contributed by atoms with Gasteiger partial charge in [0.05, 0.1) is 30.3 Å². The molecular weight excluding hydrogens is 677 g/mol. The molecule has 2 aliphatic heterocycles. The molecule has 1 fully saturated rings. The Hall–Kier alpha value is -4.41. The number of rotatable bonds is 7. The van der Waals surface area contributed by atoms with Crippen molar-refractivity contribution < 1.29 is 28.7 Å². The van der Waals surface area contributed by atoms with Crippen molar-refractivity contribution >= 4 is 58.4 Å². The molecule has 0 radical (unpaired) electrons. The van der Waals surface area contributed by atoms with Gasteiger partial charge in [0.2, 0.25) is 11.6 Å². The van der Waals surface area contributed by atoms with Crippen LogP contribution in [0, 0.1) is 0 Å². The Morgan fingerprint density at radius 1 is 0.854 bits per heavy atom. The predicted octanol–water partition coefficient (Wildman–Crippen LogP) is 6.64. The first-order valence-corrected chi connectivity index (χ1v) is 16.2. The molecule has 1 N–H and O–H groups in total. The molecule has 2 amide bonds. The summed E-state index contributed by atoms with van der Waals surface area (Å²) in [7, 11) is 1.33. The van der Waals surface area contributed by atoms with Crippen molar-refractivity contribution in [3.63, 3.8) is 0 Å². The van der Waals surface area contributed by atoms with Crippen LogP contribution >= 0.6 is 34.8 Å². The van der Waals surface area contributed by atoms with Gasteiger partial charge in [-0.05, 0) is 23.6 Å². The number of fused-ring (bicyclic) bond motifs is 5. The minimum absolute atomic E-state index is 0.0785. The zero-order valence-corrected chi connectivity index (χ0v) is 28.0. The number of amides is 2. The zero-order valence-electron chi connectivity index (χ0n) is 25.7. The molecule has 244 valence electrons. The van der Waals surface area contributed by atoms with E-state index < -0.39 is 33.7 Å². The summed E-state index contributed by atoms with van der Waals surface area (Å²) in [6.07, 6.45) is -1.18. The van der Waals surface area contributed by atoms with Crippen LogP contribution in [0.5, 0.6) is 0 Å². The van der Waals surface area contributed by atoms with E-state index in [0.717, 1.165) is 16.7 Å². The highest BCUT2D eigenvalue weighted by Gasteiger charge is 2.66. The minimum Gasteiger partial charge on any atom is -0.492 e. The first-order chi connectivity index (χ1) is 23.0. The number of benzene rings is 3. The lowest BCUT2D eigenvalue weighted by Gasteiger charge is -2.39. The van der Waals surface area contributed by atoms with E-state index in [1.807, 2.05) is 64.5 Å². The number of ketones is 2. The lowest BCUT2D eigenvalue weighted by atomic mass is 9.76. The normalized spacial score (nSPS) is 19.7. The molecule has 3 atom stereocenters. The average molecular weight is 705 g/mol. The summed E-state index contributed by atoms with van der Waals surface area (Å²) in [6.45, 7) is 1.52. The number of nitrogens with one attached hydrogen (secondary N) is 1. The number of carbonyl (C=O) groups excluding carboxylic acids is 4. The van der Waals surface area contributed by atoms with Gasteiger partial charge >= 0.3 is 6.09 Å². The number of carbonyl (C=O) groups is 4. The van der Waals surface area contributed by atoms with Crippen molar-refractivity contribution in [2.45, 2.75) is 41.5 Å². The highest BCUT2D eigenvalue weighted by atomic mass is 35.6. The number of ether oxygens (including phenoxy) is 2. The quantitative estimate of drug-likeness (QED) is 0.131. The van der Waals surface area contributed by atoms with Crippen LogP contribution in [0.2, 0.25) is 0 Å². The summed E-state index contributed by atoms with van der Waals surface area (Å²) in [5.41, 5.74) is 3.88. The Labute approximate surface area is 291 Å². The van der Waals surface area contributed by atoms with Crippen LogP contribution in [0.4, 0.5) is 4.79 Å². The maximum Gasteiger partial charge on any atom is 0.414 e. The number of halogens is 3. The van der Waals surface area contributed by atoms with Crippen LogP contribution in [0.15, 0.2) is 102 Å². The van der Waals surface area contributed by atoms with Crippen molar-refractivity contribution in [1.82, 2.24) is 14.8 Å². The predicted molar refractivity (Wildman–Crippen MR) is 179 cm³/mol. The first-order valence-electron chi connectivity index (χ1n) is 15.1. The molecule has 12 heteroatoms. The maximum absolute atomic E-state index is 13.9. The molecule has 7 rings (SSSR count). The van der Waals surface area contributed by atoms with E-state index >= 15 is 0 Å². The summed E-state index contributed by atoms with van der Waals surface area (Å²) in [5.74, 6) is -2.12. The molecular formula is C36H28Cl3N3O6. The summed E-state index contributed by atoms with van der Waals surface area (Å²) < 4.78 is 10.3. The fraction of sp³-hybridized carbons (Fsp3) is 0.222. The molecule has 0 spiro atoms. The Bertz CT molecular complexity index is 1910. The van der Waals surface area contributed by atoms with E-state index in [0.29, 0.717) is 17.8 Å². The van der Waals surface area contributed by atoms with E-state index in [4.69, 9.17) is 44.3 Å². The molecule has 3 aromatic carbocycles. The number of Topliss-reactive ketones (excluding diaryl/α,β-unsaturated/α-hetero) is 2. The average Bonchev–Trinajstić information content (AvgIpc) is 3.48. The molecule has 1 unspecified atom stereocenters. The number of methoxy groups -OCH3 is 1. The number of alkyl carbamates (subject to hydrolysis) is 1. The number of nitrogens with zero attached hydrogens (tertiary/aromatic N) is 2. The second-order valence-corrected chi connectivity index (χ2v) is 14.1. The summed E-state index contributed by atoms with van der Waals surface area (Å²) in [5, 5.41) is 1.90. The van der Waals surface area contributed by atoms with Crippen molar-refractivity contribution in [2.75, 3.05) is 7.11 Å². The molecule has 1 saturated heterocycles. The fourth-order valence-corrected chi connectivity index (χ4v) is 7.54. The summed E-state index contributed by atoms with van der Waals surface area (Å²) in [6, 6.07) is 30.2. The Morgan fingerprint density at radius 2 is 1.38 bits per heavy atom. The second kappa shape index (κ2) is 11.9. The lowest BCUT2D eigenvalue weighted by Crippen LogP contribution is -2.40. The number of hydrogen-bond donors (Lipinski definition) is 1. The number of imide groups is 1. The highest BCUT2D eigenvalue weighted by Crippen LogP contribution is 2.62. The van der Waals surface area contributed by atoms with Gasteiger partial charge < -0.3 is 14.0 Å². The second-order valence-electron chi connectivity index (χ2n) is 11.8. The van der Waals surface area contributed by atoms with Gasteiger partial charge in [-0.2, -0.15) is 0 Å². The van der Waals surface area contributed by atoms with Gasteiger partial charge in [0, 0.05) is 23.4 Å². The largest absolute Gasteiger partial charge is 0.492 e. The molecule has 1 aliphatic carbocycles. The summed E-state index contributed by atoms with van der Waals surface area (Å²) in [4.78, 5) is 55.0. The van der Waals surface area contributed by atoms with Crippen LogP contribution in [0.3, 0.4) is 0 Å². The molecule has 9 nitrogen and oxygen atoms in total. The third-order valence-electron chi connectivity index (χ3n) is 9.31. The van der Waals surface area contributed by atoms with Crippen LogP contribution in [-0.4, -0.2) is 50.0 Å². The molecule has 1 aromatic heterocycles. The van der Waals surface area contributed by atoms with Crippen LogP contribution < -0.4 is 5.32 Å². The van der Waals surface area contributed by atoms with E-state index in [9.17, 15) is 19.2 Å². The van der Waals surface area contributed by atoms with Crippen molar-refractivity contribution in [3.8, 4) is 0 Å². The topological polar surface area (TPSA) is 107 Å². The van der Waals surface area contributed by atoms with Crippen molar-refractivity contribution in [1.29, 1.82) is 0 Å². The standard InChI is InChI=1S/C36H28Cl3N3O6/c1-20-30(43)29-26(31(44)32(20)47-2)24(19-48-34(46)40-33(45)36(37,38)39)27-28-25(18-41(27)29)42(28)35(21-12-6-3-7-13-21,22-14-8-4-9-15-22)23-16-10-5-11-17-23/h3-17,25,28H,18-19H2,1-2H3,(H,40,45,46)/t25-,28-,42?/m0/s1. The van der Waals surface area contributed by atoms with Gasteiger partial charge in [-0.15, -0.1) is 0 Å². The van der Waals surface area contributed by atoms with Crippen LogP contribution in [-0.2, 0) is 33.0 Å². The van der Waals surface area contributed by atoms with Crippen LogP contribution in [0.1, 0.15) is 61.8 Å². The van der Waals surface area contributed by atoms with Crippen molar-refractivity contribution in [3.05, 3.63) is 142 Å². The van der Waals surface area contributed by atoms with E-state index in [1.165, 1.54) is 7.11 Å². The van der Waals surface area contributed by atoms with Gasteiger partial charge in [0.25, 0.3) is 9.70 Å². The zero-order chi connectivity index (χ0) is 34.0. The lowest BCUT2D eigenvalue weighted by molar-refractivity contribution is -0.119. The number of allylic oxidation sites excluding steroid dienone is 2. The SMILES string of the molecule is COC1=C(C)C(=O)c2c(c(COC(=O)NC(=O)C(Cl)(Cl)Cl)c3n2C[C@H]2[C@@H]3N2C(c2ccccc2)(c2ccccc2)c2ccccc2)C1=O. The highest BCUT2D eigenvalue weighted by molar-refractivity contribution is 6.76. The fourth-order valence-electron chi connectivity index (χ4n) is 7.40. The number of alkyl halides is 3. The Balaban J connectivity index is 1.39. The molecule has 3 aliphatic rings. The van der Waals surface area contributed by atoms with Gasteiger partial charge in [-0.25, -0.2) is 4.79 Å². The van der Waals surface area contributed by atoms with Crippen LogP contribution in [0.25, 0.3) is 0 Å². The van der Waals surface area contributed by atoms with Gasteiger partial charge in [0.1, 0.15) is 12.3 Å². The molecule has 3 heterocycles. The Kier molecular flexibility index (Phi) is 7.99. The third-order valence-corrected chi connectivity index (χ3v) is 9.82. The smallest absolute Gasteiger partial charge is 0.414 e. The van der Waals surface area contributed by atoms with E-state index in [-0.39, 0.29) is 40.5 Å². The maximum atomic E-state index is 13.9. The Morgan fingerprint density at radius 3 is 1.85 bits per heavy atom. The van der Waals surface area contributed by atoms with Gasteiger partial charge in [-0.1, -0.05) is 126 Å². The number of aromatic nitrogens is 1. The molecule has 0 bridgehead atoms. The summed E-state index contributed by atoms with van der Waals surface area (Å²) >= 11 is 16.8. The monoisotopic (exact) mass is 703 g/mol. The molecule has 0 saturated carbocycles. The third kappa shape index (κ3) is 4.87.